The highest BCUT2D eigenvalue weighted by molar-refractivity contribution is 7.98. The monoisotopic (exact) mass is 294 g/mol. The molecule has 20 heavy (non-hydrogen) atoms. The summed E-state index contributed by atoms with van der Waals surface area (Å²) in [4.78, 5) is 6.19. The lowest BCUT2D eigenvalue weighted by Crippen LogP contribution is -2.46. The maximum absolute atomic E-state index is 10.3. The fourth-order valence-corrected chi connectivity index (χ4v) is 3.03. The molecular formula is C16H26N2OS. The van der Waals surface area contributed by atoms with E-state index in [0.717, 1.165) is 51.3 Å². The predicted molar refractivity (Wildman–Crippen MR) is 86.4 cm³/mol. The van der Waals surface area contributed by atoms with Gasteiger partial charge in [0.25, 0.3) is 0 Å². The Kier molecular flexibility index (Phi) is 6.36. The number of aliphatic hydroxyl groups is 1. The molecule has 112 valence electrons. The first-order valence-corrected chi connectivity index (χ1v) is 8.72. The molecule has 1 saturated heterocycles. The molecule has 4 heteroatoms. The highest BCUT2D eigenvalue weighted by Crippen LogP contribution is 2.21. The van der Waals surface area contributed by atoms with Crippen molar-refractivity contribution in [2.45, 2.75) is 24.3 Å². The van der Waals surface area contributed by atoms with Crippen molar-refractivity contribution in [2.24, 2.45) is 0 Å². The number of rotatable bonds is 6. The summed E-state index contributed by atoms with van der Waals surface area (Å²) in [6, 6.07) is 8.27. The number of piperazine rings is 1. The van der Waals surface area contributed by atoms with Crippen LogP contribution in [0.25, 0.3) is 0 Å². The number of likely N-dealkylation sites (N-methyl/N-ethyl adjacent to an activating group) is 1. The first kappa shape index (κ1) is 15.8. The van der Waals surface area contributed by atoms with E-state index in [1.165, 1.54) is 4.90 Å². The normalized spacial score (nSPS) is 19.1. The number of thioether (sulfide) groups is 1. The van der Waals surface area contributed by atoms with Gasteiger partial charge < -0.3 is 14.9 Å². The minimum absolute atomic E-state index is 0.338. The molecule has 2 rings (SSSR count). The summed E-state index contributed by atoms with van der Waals surface area (Å²) in [7, 11) is 0. The number of nitrogens with zero attached hydrogens (tertiary/aromatic N) is 2. The number of aliphatic hydroxyl groups excluding tert-OH is 1. The molecule has 1 aromatic rings. The van der Waals surface area contributed by atoms with Gasteiger partial charge >= 0.3 is 0 Å². The molecule has 0 aromatic heterocycles. The van der Waals surface area contributed by atoms with Crippen molar-refractivity contribution in [3.05, 3.63) is 29.8 Å². The van der Waals surface area contributed by atoms with Crippen LogP contribution in [0.5, 0.6) is 0 Å². The van der Waals surface area contributed by atoms with Crippen LogP contribution in [0.1, 0.15) is 25.0 Å². The Morgan fingerprint density at radius 2 is 1.70 bits per heavy atom. The summed E-state index contributed by atoms with van der Waals surface area (Å²) in [6.07, 6.45) is 2.56. The maximum atomic E-state index is 10.3. The zero-order chi connectivity index (χ0) is 14.4. The topological polar surface area (TPSA) is 26.7 Å². The van der Waals surface area contributed by atoms with Gasteiger partial charge in [-0.3, -0.25) is 0 Å². The molecule has 1 atom stereocenters. The predicted octanol–water partition coefficient (Wildman–Crippen LogP) is 2.47. The Morgan fingerprint density at radius 3 is 2.25 bits per heavy atom. The number of hydrogen-bond donors (Lipinski definition) is 1. The zero-order valence-corrected chi connectivity index (χ0v) is 13.4. The van der Waals surface area contributed by atoms with E-state index in [2.05, 4.69) is 35.1 Å². The third-order valence-electron chi connectivity index (χ3n) is 4.13. The van der Waals surface area contributed by atoms with Crippen molar-refractivity contribution in [3.8, 4) is 0 Å². The average Bonchev–Trinajstić information content (AvgIpc) is 2.53. The largest absolute Gasteiger partial charge is 0.388 e. The van der Waals surface area contributed by atoms with Gasteiger partial charge in [0, 0.05) is 37.6 Å². The Bertz CT molecular complexity index is 388. The van der Waals surface area contributed by atoms with Gasteiger partial charge in [0.05, 0.1) is 6.10 Å². The Balaban J connectivity index is 1.75. The smallest absolute Gasteiger partial charge is 0.0802 e. The molecule has 0 radical (unpaired) electrons. The van der Waals surface area contributed by atoms with Gasteiger partial charge in [-0.2, -0.15) is 0 Å². The third kappa shape index (κ3) is 4.48. The standard InChI is InChI=1S/C16H26N2OS/c1-3-17-10-12-18(13-11-17)9-8-16(19)14-4-6-15(20-2)7-5-14/h4-7,16,19H,3,8-13H2,1-2H3. The van der Waals surface area contributed by atoms with Gasteiger partial charge in [0.15, 0.2) is 0 Å². The van der Waals surface area contributed by atoms with Crippen LogP contribution in [0.4, 0.5) is 0 Å². The molecule has 0 spiro atoms. The number of benzene rings is 1. The SMILES string of the molecule is CCN1CCN(CCC(O)c2ccc(SC)cc2)CC1. The fraction of sp³-hybridized carbons (Fsp3) is 0.625. The van der Waals surface area contributed by atoms with E-state index in [1.807, 2.05) is 12.1 Å². The summed E-state index contributed by atoms with van der Waals surface area (Å²) < 4.78 is 0. The molecule has 1 unspecified atom stereocenters. The fourth-order valence-electron chi connectivity index (χ4n) is 2.63. The van der Waals surface area contributed by atoms with Gasteiger partial charge in [0.1, 0.15) is 0 Å². The molecule has 0 bridgehead atoms. The van der Waals surface area contributed by atoms with E-state index in [9.17, 15) is 5.11 Å². The van der Waals surface area contributed by atoms with E-state index in [0.29, 0.717) is 0 Å². The van der Waals surface area contributed by atoms with E-state index in [4.69, 9.17) is 0 Å². The second-order valence-electron chi connectivity index (χ2n) is 5.35. The number of hydrogen-bond acceptors (Lipinski definition) is 4. The van der Waals surface area contributed by atoms with Crippen LogP contribution in [0.15, 0.2) is 29.2 Å². The van der Waals surface area contributed by atoms with Crippen molar-refractivity contribution < 1.29 is 5.11 Å². The molecule has 1 heterocycles. The van der Waals surface area contributed by atoms with Crippen molar-refractivity contribution >= 4 is 11.8 Å². The van der Waals surface area contributed by atoms with E-state index < -0.39 is 0 Å². The Morgan fingerprint density at radius 1 is 1.10 bits per heavy atom. The van der Waals surface area contributed by atoms with Crippen LogP contribution in [-0.2, 0) is 0 Å². The minimum atomic E-state index is -0.338. The van der Waals surface area contributed by atoms with Crippen LogP contribution in [0.3, 0.4) is 0 Å². The Hall–Kier alpha value is -0.550. The van der Waals surface area contributed by atoms with Crippen LogP contribution in [-0.4, -0.2) is 60.4 Å². The Labute approximate surface area is 127 Å². The van der Waals surface area contributed by atoms with Crippen LogP contribution in [0.2, 0.25) is 0 Å². The average molecular weight is 294 g/mol. The van der Waals surface area contributed by atoms with Gasteiger partial charge in [-0.05, 0) is 36.9 Å². The second-order valence-corrected chi connectivity index (χ2v) is 6.23. The molecule has 1 N–H and O–H groups in total. The van der Waals surface area contributed by atoms with E-state index in [-0.39, 0.29) is 6.10 Å². The maximum Gasteiger partial charge on any atom is 0.0802 e. The summed E-state index contributed by atoms with van der Waals surface area (Å²) in [5.41, 5.74) is 1.04. The first-order valence-electron chi connectivity index (χ1n) is 7.49. The minimum Gasteiger partial charge on any atom is -0.388 e. The van der Waals surface area contributed by atoms with Gasteiger partial charge in [-0.25, -0.2) is 0 Å². The summed E-state index contributed by atoms with van der Waals surface area (Å²) in [5.74, 6) is 0. The lowest BCUT2D eigenvalue weighted by atomic mass is 10.1. The van der Waals surface area contributed by atoms with Crippen LogP contribution >= 0.6 is 11.8 Å². The van der Waals surface area contributed by atoms with Crippen molar-refractivity contribution in [3.63, 3.8) is 0 Å². The molecular weight excluding hydrogens is 268 g/mol. The van der Waals surface area contributed by atoms with Crippen LogP contribution < -0.4 is 0 Å². The highest BCUT2D eigenvalue weighted by atomic mass is 32.2. The first-order chi connectivity index (χ1) is 9.72. The van der Waals surface area contributed by atoms with E-state index in [1.54, 1.807) is 11.8 Å². The van der Waals surface area contributed by atoms with Crippen molar-refractivity contribution in [1.29, 1.82) is 0 Å². The molecule has 1 fully saturated rings. The zero-order valence-electron chi connectivity index (χ0n) is 12.6. The molecule has 1 aliphatic heterocycles. The van der Waals surface area contributed by atoms with Gasteiger partial charge in [-0.1, -0.05) is 19.1 Å². The lowest BCUT2D eigenvalue weighted by molar-refractivity contribution is 0.105. The summed E-state index contributed by atoms with van der Waals surface area (Å²) in [5, 5.41) is 10.3. The van der Waals surface area contributed by atoms with Crippen LogP contribution in [0, 0.1) is 0 Å². The van der Waals surface area contributed by atoms with Gasteiger partial charge in [0.2, 0.25) is 0 Å². The summed E-state index contributed by atoms with van der Waals surface area (Å²) in [6.45, 7) is 8.95. The molecule has 0 saturated carbocycles. The molecule has 0 aliphatic carbocycles. The molecule has 0 amide bonds. The molecule has 1 aromatic carbocycles. The lowest BCUT2D eigenvalue weighted by Gasteiger charge is -2.34. The molecule has 1 aliphatic rings. The highest BCUT2D eigenvalue weighted by Gasteiger charge is 2.16. The third-order valence-corrected chi connectivity index (χ3v) is 4.88. The van der Waals surface area contributed by atoms with E-state index >= 15 is 0 Å². The van der Waals surface area contributed by atoms with Gasteiger partial charge in [-0.15, -0.1) is 11.8 Å². The molecule has 3 nitrogen and oxygen atoms in total. The van der Waals surface area contributed by atoms with Crippen molar-refractivity contribution in [1.82, 2.24) is 9.80 Å². The second kappa shape index (κ2) is 8.03. The summed E-state index contributed by atoms with van der Waals surface area (Å²) >= 11 is 1.73. The van der Waals surface area contributed by atoms with Crippen molar-refractivity contribution in [2.75, 3.05) is 45.5 Å². The quantitative estimate of drug-likeness (QED) is 0.816.